The van der Waals surface area contributed by atoms with Crippen LogP contribution < -0.4 is 14.8 Å². The Labute approximate surface area is 196 Å². The zero-order valence-corrected chi connectivity index (χ0v) is 20.0. The first-order valence-electron chi connectivity index (χ1n) is 10.6. The number of benzene rings is 2. The maximum absolute atomic E-state index is 12.9. The fourth-order valence-corrected chi connectivity index (χ4v) is 5.83. The number of amides is 1. The van der Waals surface area contributed by atoms with Crippen molar-refractivity contribution < 1.29 is 27.4 Å². The lowest BCUT2D eigenvalue weighted by molar-refractivity contribution is 0.0730. The molecule has 1 aromatic heterocycles. The predicted molar refractivity (Wildman–Crippen MR) is 126 cm³/mol. The third-order valence-electron chi connectivity index (χ3n) is 4.99. The number of hydrogen-bond acceptors (Lipinski definition) is 8. The lowest BCUT2D eigenvalue weighted by Gasteiger charge is -2.25. The number of rotatable bonds is 8. The summed E-state index contributed by atoms with van der Waals surface area (Å²) >= 11 is 1.22. The zero-order chi connectivity index (χ0) is 23.4. The maximum atomic E-state index is 12.9. The van der Waals surface area contributed by atoms with Crippen molar-refractivity contribution in [2.24, 2.45) is 0 Å². The highest BCUT2D eigenvalue weighted by molar-refractivity contribution is 7.89. The van der Waals surface area contributed by atoms with E-state index in [1.165, 1.54) is 15.6 Å². The Balaban J connectivity index is 1.55. The van der Waals surface area contributed by atoms with Crippen molar-refractivity contribution in [1.29, 1.82) is 0 Å². The highest BCUT2D eigenvalue weighted by Crippen LogP contribution is 2.31. The molecule has 0 radical (unpaired) electrons. The highest BCUT2D eigenvalue weighted by Gasteiger charge is 2.27. The van der Waals surface area contributed by atoms with Gasteiger partial charge in [0.15, 0.2) is 16.6 Å². The molecule has 0 aliphatic carbocycles. The van der Waals surface area contributed by atoms with E-state index in [-0.39, 0.29) is 10.8 Å². The smallest absolute Gasteiger partial charge is 0.257 e. The van der Waals surface area contributed by atoms with E-state index in [9.17, 15) is 13.2 Å². The van der Waals surface area contributed by atoms with Crippen LogP contribution in [0.25, 0.3) is 10.2 Å². The first kappa shape index (κ1) is 23.4. The summed E-state index contributed by atoms with van der Waals surface area (Å²) in [5.41, 5.74) is 1.01. The fourth-order valence-electron chi connectivity index (χ4n) is 3.42. The van der Waals surface area contributed by atoms with Gasteiger partial charge in [0, 0.05) is 18.7 Å². The molecule has 1 aliphatic heterocycles. The minimum atomic E-state index is -3.61. The van der Waals surface area contributed by atoms with Gasteiger partial charge in [0.25, 0.3) is 5.91 Å². The Kier molecular flexibility index (Phi) is 7.13. The largest absolute Gasteiger partial charge is 0.490 e. The van der Waals surface area contributed by atoms with E-state index >= 15 is 0 Å². The zero-order valence-electron chi connectivity index (χ0n) is 18.4. The molecule has 11 heteroatoms. The number of nitrogens with one attached hydrogen (secondary N) is 1. The first-order valence-corrected chi connectivity index (χ1v) is 12.9. The number of aromatic nitrogens is 1. The van der Waals surface area contributed by atoms with Crippen LogP contribution in [0.1, 0.15) is 24.2 Å². The summed E-state index contributed by atoms with van der Waals surface area (Å²) in [6, 6.07) is 9.77. The molecule has 9 nitrogen and oxygen atoms in total. The van der Waals surface area contributed by atoms with Crippen LogP contribution in [0.4, 0.5) is 5.13 Å². The summed E-state index contributed by atoms with van der Waals surface area (Å²) in [4.78, 5) is 17.4. The van der Waals surface area contributed by atoms with Gasteiger partial charge in [-0.1, -0.05) is 11.3 Å². The van der Waals surface area contributed by atoms with Crippen molar-refractivity contribution in [3.8, 4) is 11.5 Å². The molecule has 2 aromatic carbocycles. The van der Waals surface area contributed by atoms with Crippen LogP contribution in [0.3, 0.4) is 0 Å². The van der Waals surface area contributed by atoms with Crippen molar-refractivity contribution in [2.45, 2.75) is 18.7 Å². The molecule has 3 aromatic rings. The van der Waals surface area contributed by atoms with E-state index in [1.807, 2.05) is 13.8 Å². The molecule has 1 amide bonds. The monoisotopic (exact) mass is 491 g/mol. The maximum Gasteiger partial charge on any atom is 0.257 e. The summed E-state index contributed by atoms with van der Waals surface area (Å²) in [7, 11) is -3.61. The average molecular weight is 492 g/mol. The number of ether oxygens (including phenoxy) is 3. The summed E-state index contributed by atoms with van der Waals surface area (Å²) in [6.45, 7) is 6.09. The van der Waals surface area contributed by atoms with E-state index in [2.05, 4.69) is 10.3 Å². The van der Waals surface area contributed by atoms with E-state index in [4.69, 9.17) is 14.2 Å². The Morgan fingerprint density at radius 3 is 2.55 bits per heavy atom. The molecule has 0 bridgehead atoms. The van der Waals surface area contributed by atoms with Crippen LogP contribution in [-0.2, 0) is 14.8 Å². The number of nitrogens with zero attached hydrogens (tertiary/aromatic N) is 2. The minimum absolute atomic E-state index is 0.200. The number of carbonyl (C=O) groups excluding carboxylic acids is 1. The Morgan fingerprint density at radius 1 is 1.09 bits per heavy atom. The topological polar surface area (TPSA) is 107 Å². The quantitative estimate of drug-likeness (QED) is 0.515. The van der Waals surface area contributed by atoms with Crippen molar-refractivity contribution >= 4 is 42.6 Å². The third-order valence-corrected chi connectivity index (χ3v) is 7.82. The second kappa shape index (κ2) is 10.0. The molecule has 33 heavy (non-hydrogen) atoms. The second-order valence-electron chi connectivity index (χ2n) is 7.15. The van der Waals surface area contributed by atoms with Crippen LogP contribution in [-0.4, -0.2) is 63.1 Å². The molecule has 176 valence electrons. The fraction of sp³-hybridized carbons (Fsp3) is 0.364. The van der Waals surface area contributed by atoms with Gasteiger partial charge in [-0.2, -0.15) is 4.31 Å². The number of sulfonamides is 1. The number of morpholine rings is 1. The summed E-state index contributed by atoms with van der Waals surface area (Å²) in [6.07, 6.45) is 0. The molecule has 2 heterocycles. The van der Waals surface area contributed by atoms with E-state index in [1.54, 1.807) is 36.4 Å². The average Bonchev–Trinajstić information content (AvgIpc) is 3.22. The molecule has 0 saturated carbocycles. The lowest BCUT2D eigenvalue weighted by Crippen LogP contribution is -2.40. The molecular weight excluding hydrogens is 466 g/mol. The molecule has 0 atom stereocenters. The normalized spacial score (nSPS) is 14.8. The summed E-state index contributed by atoms with van der Waals surface area (Å²) in [5.74, 6) is 0.721. The van der Waals surface area contributed by atoms with Crippen LogP contribution in [0.15, 0.2) is 41.3 Å². The van der Waals surface area contributed by atoms with Gasteiger partial charge < -0.3 is 14.2 Å². The van der Waals surface area contributed by atoms with Crippen molar-refractivity contribution in [3.05, 3.63) is 42.0 Å². The Morgan fingerprint density at radius 2 is 1.82 bits per heavy atom. The highest BCUT2D eigenvalue weighted by atomic mass is 32.2. The summed E-state index contributed by atoms with van der Waals surface area (Å²) in [5, 5.41) is 3.16. The van der Waals surface area contributed by atoms with Crippen LogP contribution in [0.2, 0.25) is 0 Å². The molecule has 1 fully saturated rings. The van der Waals surface area contributed by atoms with Gasteiger partial charge in [-0.3, -0.25) is 10.1 Å². The molecular formula is C22H25N3O6S2. The number of fused-ring (bicyclic) bond motifs is 1. The van der Waals surface area contributed by atoms with E-state index in [0.29, 0.717) is 71.9 Å². The standard InChI is InChI=1S/C22H25N3O6S2/c1-3-30-18-8-5-15(13-19(18)31-4-2)21(26)24-22-23-17-7-6-16(14-20(17)32-22)33(27,28)25-9-11-29-12-10-25/h5-8,13-14H,3-4,9-12H2,1-2H3,(H,23,24,26). The number of thiazole rings is 1. The summed E-state index contributed by atoms with van der Waals surface area (Å²) < 4.78 is 44.3. The van der Waals surface area contributed by atoms with Gasteiger partial charge in [-0.25, -0.2) is 13.4 Å². The van der Waals surface area contributed by atoms with Crippen molar-refractivity contribution in [3.63, 3.8) is 0 Å². The first-order chi connectivity index (χ1) is 15.9. The second-order valence-corrected chi connectivity index (χ2v) is 10.1. The Bertz CT molecular complexity index is 1250. The molecule has 1 N–H and O–H groups in total. The van der Waals surface area contributed by atoms with Gasteiger partial charge in [0.05, 0.1) is 41.5 Å². The molecule has 4 rings (SSSR count). The van der Waals surface area contributed by atoms with Gasteiger partial charge in [-0.05, 0) is 50.2 Å². The van der Waals surface area contributed by atoms with Gasteiger partial charge >= 0.3 is 0 Å². The van der Waals surface area contributed by atoms with Gasteiger partial charge in [0.1, 0.15) is 0 Å². The van der Waals surface area contributed by atoms with Gasteiger partial charge in [-0.15, -0.1) is 0 Å². The van der Waals surface area contributed by atoms with E-state index < -0.39 is 10.0 Å². The number of carbonyl (C=O) groups is 1. The molecule has 0 spiro atoms. The van der Waals surface area contributed by atoms with Crippen molar-refractivity contribution in [1.82, 2.24) is 9.29 Å². The van der Waals surface area contributed by atoms with Crippen molar-refractivity contribution in [2.75, 3.05) is 44.8 Å². The third kappa shape index (κ3) is 5.11. The molecule has 1 saturated heterocycles. The van der Waals surface area contributed by atoms with E-state index in [0.717, 1.165) is 0 Å². The molecule has 1 aliphatic rings. The van der Waals surface area contributed by atoms with Crippen LogP contribution >= 0.6 is 11.3 Å². The Hall–Kier alpha value is -2.73. The van der Waals surface area contributed by atoms with Gasteiger partial charge in [0.2, 0.25) is 10.0 Å². The number of hydrogen-bond donors (Lipinski definition) is 1. The van der Waals surface area contributed by atoms with Crippen LogP contribution in [0.5, 0.6) is 11.5 Å². The minimum Gasteiger partial charge on any atom is -0.490 e. The molecule has 0 unspecified atom stereocenters. The van der Waals surface area contributed by atoms with Crippen LogP contribution in [0, 0.1) is 0 Å². The SMILES string of the molecule is CCOc1ccc(C(=O)Nc2nc3ccc(S(=O)(=O)N4CCOCC4)cc3s2)cc1OCC. The number of anilines is 1. The lowest BCUT2D eigenvalue weighted by atomic mass is 10.2. The predicted octanol–water partition coefficient (Wildman–Crippen LogP) is 3.37.